The Hall–Kier alpha value is -2.02. The summed E-state index contributed by atoms with van der Waals surface area (Å²) in [6.45, 7) is 0. The van der Waals surface area contributed by atoms with Gasteiger partial charge in [-0.25, -0.2) is 15.0 Å². The Balaban J connectivity index is 2.26. The predicted octanol–water partition coefficient (Wildman–Crippen LogP) is 1.93. The molecule has 0 aliphatic heterocycles. The highest BCUT2D eigenvalue weighted by atomic mass is 79.9. The van der Waals surface area contributed by atoms with Crippen LogP contribution in [0, 0.1) is 0 Å². The SMILES string of the molecule is CNc1ncc(Br)cc1C(=O)Nc1ncccn1. The molecule has 2 heterocycles. The number of amides is 1. The van der Waals surface area contributed by atoms with Gasteiger partial charge in [0.1, 0.15) is 5.82 Å². The zero-order chi connectivity index (χ0) is 13.0. The van der Waals surface area contributed by atoms with E-state index in [4.69, 9.17) is 0 Å². The Kier molecular flexibility index (Phi) is 3.83. The molecule has 2 rings (SSSR count). The fourth-order valence-electron chi connectivity index (χ4n) is 1.34. The number of rotatable bonds is 3. The number of pyridine rings is 1. The summed E-state index contributed by atoms with van der Waals surface area (Å²) < 4.78 is 0.723. The molecule has 0 saturated heterocycles. The van der Waals surface area contributed by atoms with Crippen LogP contribution in [0.4, 0.5) is 11.8 Å². The maximum absolute atomic E-state index is 12.1. The molecule has 1 amide bonds. The summed E-state index contributed by atoms with van der Waals surface area (Å²) in [6, 6.07) is 3.35. The topological polar surface area (TPSA) is 79.8 Å². The van der Waals surface area contributed by atoms with Crippen LogP contribution in [0.3, 0.4) is 0 Å². The first-order chi connectivity index (χ1) is 8.70. The number of nitrogens with one attached hydrogen (secondary N) is 2. The molecule has 0 fully saturated rings. The molecule has 0 spiro atoms. The zero-order valence-corrected chi connectivity index (χ0v) is 11.1. The van der Waals surface area contributed by atoms with Crippen LogP contribution in [0.1, 0.15) is 10.4 Å². The molecule has 0 radical (unpaired) electrons. The Morgan fingerprint density at radius 1 is 1.28 bits per heavy atom. The van der Waals surface area contributed by atoms with E-state index in [0.717, 1.165) is 4.47 Å². The highest BCUT2D eigenvalue weighted by Gasteiger charge is 2.13. The van der Waals surface area contributed by atoms with Crippen molar-refractivity contribution in [3.63, 3.8) is 0 Å². The minimum atomic E-state index is -0.320. The van der Waals surface area contributed by atoms with Crippen LogP contribution in [-0.4, -0.2) is 27.9 Å². The second kappa shape index (κ2) is 5.54. The highest BCUT2D eigenvalue weighted by Crippen LogP contribution is 2.18. The summed E-state index contributed by atoms with van der Waals surface area (Å²) in [5.41, 5.74) is 0.416. The van der Waals surface area contributed by atoms with Crippen molar-refractivity contribution in [3.8, 4) is 0 Å². The lowest BCUT2D eigenvalue weighted by Gasteiger charge is -2.08. The van der Waals surface area contributed by atoms with Gasteiger partial charge in [0.15, 0.2) is 0 Å². The zero-order valence-electron chi connectivity index (χ0n) is 9.51. The van der Waals surface area contributed by atoms with Crippen LogP contribution in [0.25, 0.3) is 0 Å². The lowest BCUT2D eigenvalue weighted by Crippen LogP contribution is -2.16. The molecule has 0 atom stereocenters. The Bertz CT molecular complexity index is 561. The largest absolute Gasteiger partial charge is 0.372 e. The van der Waals surface area contributed by atoms with Gasteiger partial charge >= 0.3 is 0 Å². The number of halogens is 1. The molecular formula is C11H10BrN5O. The van der Waals surface area contributed by atoms with Gasteiger partial charge in [-0.15, -0.1) is 0 Å². The van der Waals surface area contributed by atoms with E-state index < -0.39 is 0 Å². The molecule has 92 valence electrons. The van der Waals surface area contributed by atoms with Gasteiger partial charge in [0.25, 0.3) is 5.91 Å². The van der Waals surface area contributed by atoms with Gasteiger partial charge < -0.3 is 5.32 Å². The molecule has 0 aromatic carbocycles. The van der Waals surface area contributed by atoms with Crippen LogP contribution in [0.15, 0.2) is 35.2 Å². The maximum Gasteiger partial charge on any atom is 0.261 e. The summed E-state index contributed by atoms with van der Waals surface area (Å²) in [5.74, 6) is 0.426. The summed E-state index contributed by atoms with van der Waals surface area (Å²) in [4.78, 5) is 24.0. The van der Waals surface area contributed by atoms with E-state index in [2.05, 4.69) is 41.5 Å². The third-order valence-corrected chi connectivity index (χ3v) is 2.56. The Morgan fingerprint density at radius 2 is 2.00 bits per heavy atom. The average Bonchev–Trinajstić information content (AvgIpc) is 2.40. The molecule has 0 saturated carbocycles. The molecule has 0 unspecified atom stereocenters. The highest BCUT2D eigenvalue weighted by molar-refractivity contribution is 9.10. The van der Waals surface area contributed by atoms with Gasteiger partial charge in [0.2, 0.25) is 5.95 Å². The number of anilines is 2. The molecular weight excluding hydrogens is 298 g/mol. The van der Waals surface area contributed by atoms with E-state index >= 15 is 0 Å². The van der Waals surface area contributed by atoms with Crippen molar-refractivity contribution in [1.29, 1.82) is 0 Å². The van der Waals surface area contributed by atoms with E-state index in [-0.39, 0.29) is 11.9 Å². The molecule has 0 bridgehead atoms. The second-order valence-electron chi connectivity index (χ2n) is 3.33. The Morgan fingerprint density at radius 3 is 2.67 bits per heavy atom. The predicted molar refractivity (Wildman–Crippen MR) is 71.5 cm³/mol. The van der Waals surface area contributed by atoms with Crippen molar-refractivity contribution in [1.82, 2.24) is 15.0 Å². The van der Waals surface area contributed by atoms with Crippen molar-refractivity contribution in [2.24, 2.45) is 0 Å². The summed E-state index contributed by atoms with van der Waals surface area (Å²) in [7, 11) is 1.70. The fourth-order valence-corrected chi connectivity index (χ4v) is 1.68. The van der Waals surface area contributed by atoms with Crippen LogP contribution in [0.5, 0.6) is 0 Å². The van der Waals surface area contributed by atoms with Gasteiger partial charge in [0.05, 0.1) is 5.56 Å². The first kappa shape index (κ1) is 12.4. The molecule has 0 aliphatic rings. The number of aromatic nitrogens is 3. The van der Waals surface area contributed by atoms with Crippen molar-refractivity contribution in [3.05, 3.63) is 40.8 Å². The van der Waals surface area contributed by atoms with Crippen LogP contribution in [0.2, 0.25) is 0 Å². The summed E-state index contributed by atoms with van der Waals surface area (Å²) >= 11 is 3.28. The lowest BCUT2D eigenvalue weighted by atomic mass is 10.2. The van der Waals surface area contributed by atoms with Gasteiger partial charge in [-0.1, -0.05) is 0 Å². The number of carbonyl (C=O) groups excluding carboxylic acids is 1. The summed E-state index contributed by atoms with van der Waals surface area (Å²) in [6.07, 6.45) is 4.73. The van der Waals surface area contributed by atoms with Crippen LogP contribution in [-0.2, 0) is 0 Å². The number of nitrogens with zero attached hydrogens (tertiary/aromatic N) is 3. The lowest BCUT2D eigenvalue weighted by molar-refractivity contribution is 0.102. The first-order valence-corrected chi connectivity index (χ1v) is 5.91. The van der Waals surface area contributed by atoms with Crippen molar-refractivity contribution in [2.45, 2.75) is 0 Å². The van der Waals surface area contributed by atoms with Gasteiger partial charge in [-0.05, 0) is 28.1 Å². The van der Waals surface area contributed by atoms with Crippen LogP contribution >= 0.6 is 15.9 Å². The molecule has 18 heavy (non-hydrogen) atoms. The molecule has 7 heteroatoms. The molecule has 0 aliphatic carbocycles. The van der Waals surface area contributed by atoms with Gasteiger partial charge in [-0.2, -0.15) is 0 Å². The summed E-state index contributed by atoms with van der Waals surface area (Å²) in [5, 5.41) is 5.45. The maximum atomic E-state index is 12.1. The van der Waals surface area contributed by atoms with E-state index in [1.807, 2.05) is 0 Å². The third-order valence-electron chi connectivity index (χ3n) is 2.13. The van der Waals surface area contributed by atoms with Crippen molar-refractivity contribution in [2.75, 3.05) is 17.7 Å². The normalized spacial score (nSPS) is 9.89. The minimum Gasteiger partial charge on any atom is -0.372 e. The molecule has 2 aromatic heterocycles. The number of carbonyl (C=O) groups is 1. The third kappa shape index (κ3) is 2.80. The fraction of sp³-hybridized carbons (Fsp3) is 0.0909. The van der Waals surface area contributed by atoms with E-state index in [1.165, 1.54) is 0 Å². The quantitative estimate of drug-likeness (QED) is 0.905. The standard InChI is InChI=1S/C11H10BrN5O/c1-13-9-8(5-7(12)6-16-9)10(18)17-11-14-3-2-4-15-11/h2-6H,1H3,(H,13,16)(H,14,15,17,18). The van der Waals surface area contributed by atoms with E-state index in [1.54, 1.807) is 37.8 Å². The monoisotopic (exact) mass is 307 g/mol. The number of hydrogen-bond acceptors (Lipinski definition) is 5. The molecule has 2 aromatic rings. The first-order valence-electron chi connectivity index (χ1n) is 5.12. The van der Waals surface area contributed by atoms with Gasteiger partial charge in [0, 0.05) is 30.1 Å². The van der Waals surface area contributed by atoms with E-state index in [9.17, 15) is 4.79 Å². The van der Waals surface area contributed by atoms with Crippen LogP contribution < -0.4 is 10.6 Å². The number of hydrogen-bond donors (Lipinski definition) is 2. The average molecular weight is 308 g/mol. The van der Waals surface area contributed by atoms with Gasteiger partial charge in [-0.3, -0.25) is 10.1 Å². The van der Waals surface area contributed by atoms with E-state index in [0.29, 0.717) is 11.4 Å². The second-order valence-corrected chi connectivity index (χ2v) is 4.24. The van der Waals surface area contributed by atoms with Crippen molar-refractivity contribution >= 4 is 33.6 Å². The molecule has 2 N–H and O–H groups in total. The Labute approximate surface area is 112 Å². The molecule has 6 nitrogen and oxygen atoms in total. The van der Waals surface area contributed by atoms with Crippen molar-refractivity contribution < 1.29 is 4.79 Å². The smallest absolute Gasteiger partial charge is 0.261 e. The minimum absolute atomic E-state index is 0.254.